The smallest absolute Gasteiger partial charge is 0.249 e. The number of rotatable bonds is 9. The third-order valence-corrected chi connectivity index (χ3v) is 4.62. The largest absolute Gasteiger partial charge is 0.339 e. The number of nitrogens with zero attached hydrogens (tertiary/aromatic N) is 1. The fourth-order valence-electron chi connectivity index (χ4n) is 2.96. The number of carbonyl (C=O) groups is 3. The molecule has 0 bridgehead atoms. The lowest BCUT2D eigenvalue weighted by atomic mass is 9.83. The van der Waals surface area contributed by atoms with E-state index in [0.29, 0.717) is 30.7 Å². The molecule has 4 heteroatoms. The molecule has 0 heterocycles. The Morgan fingerprint density at radius 3 is 1.96 bits per heavy atom. The molecular formula is C22H29NO3. The van der Waals surface area contributed by atoms with Gasteiger partial charge >= 0.3 is 0 Å². The Balaban J connectivity index is 3.46. The van der Waals surface area contributed by atoms with Gasteiger partial charge in [0.1, 0.15) is 0 Å². The predicted molar refractivity (Wildman–Crippen MR) is 106 cm³/mol. The van der Waals surface area contributed by atoms with Gasteiger partial charge in [0.2, 0.25) is 5.91 Å². The van der Waals surface area contributed by atoms with Crippen molar-refractivity contribution in [2.45, 2.75) is 47.0 Å². The van der Waals surface area contributed by atoms with E-state index in [1.54, 1.807) is 17.9 Å². The maximum absolute atomic E-state index is 12.9. The molecule has 0 aromatic rings. The molecule has 0 radical (unpaired) electrons. The van der Waals surface area contributed by atoms with E-state index in [0.717, 1.165) is 12.8 Å². The molecule has 0 aromatic heterocycles. The van der Waals surface area contributed by atoms with Gasteiger partial charge in [0.05, 0.1) is 0 Å². The Hall–Kier alpha value is -2.49. The minimum atomic E-state index is -0.284. The fourth-order valence-corrected chi connectivity index (χ4v) is 2.96. The molecule has 1 aliphatic rings. The fraction of sp³-hybridized carbons (Fsp3) is 0.409. The van der Waals surface area contributed by atoms with E-state index in [4.69, 9.17) is 0 Å². The molecule has 0 saturated carbocycles. The van der Waals surface area contributed by atoms with Crippen molar-refractivity contribution >= 4 is 17.5 Å². The highest BCUT2D eigenvalue weighted by molar-refractivity contribution is 6.28. The molecule has 1 rings (SSSR count). The van der Waals surface area contributed by atoms with Crippen LogP contribution in [0, 0.1) is 0 Å². The van der Waals surface area contributed by atoms with Crippen molar-refractivity contribution in [1.29, 1.82) is 0 Å². The van der Waals surface area contributed by atoms with Crippen molar-refractivity contribution in [3.8, 4) is 0 Å². The van der Waals surface area contributed by atoms with Gasteiger partial charge in [-0.05, 0) is 39.7 Å². The number of carbonyl (C=O) groups excluding carboxylic acids is 3. The van der Waals surface area contributed by atoms with Gasteiger partial charge in [-0.25, -0.2) is 0 Å². The molecule has 0 aromatic carbocycles. The second-order valence-electron chi connectivity index (χ2n) is 6.18. The molecule has 1 aliphatic carbocycles. The SMILES string of the molecule is C=CC1=C(C=C)C(=O)C(/C=C(\CCCC)C(=O)N(CC)CC)=C(C)C1=O. The van der Waals surface area contributed by atoms with Gasteiger partial charge in [-0.3, -0.25) is 14.4 Å². The second kappa shape index (κ2) is 9.85. The van der Waals surface area contributed by atoms with Crippen LogP contribution >= 0.6 is 0 Å². The summed E-state index contributed by atoms with van der Waals surface area (Å²) in [6, 6.07) is 0. The number of amides is 1. The lowest BCUT2D eigenvalue weighted by Crippen LogP contribution is -2.32. The maximum Gasteiger partial charge on any atom is 0.249 e. The third-order valence-electron chi connectivity index (χ3n) is 4.62. The summed E-state index contributed by atoms with van der Waals surface area (Å²) < 4.78 is 0. The van der Waals surface area contributed by atoms with E-state index < -0.39 is 0 Å². The van der Waals surface area contributed by atoms with Gasteiger partial charge in [-0.1, -0.05) is 38.7 Å². The summed E-state index contributed by atoms with van der Waals surface area (Å²) in [4.78, 5) is 40.0. The first-order valence-electron chi connectivity index (χ1n) is 9.16. The number of ketones is 2. The first-order valence-corrected chi connectivity index (χ1v) is 9.16. The van der Waals surface area contributed by atoms with Crippen LogP contribution in [0.3, 0.4) is 0 Å². The van der Waals surface area contributed by atoms with Crippen molar-refractivity contribution in [3.63, 3.8) is 0 Å². The molecular weight excluding hydrogens is 326 g/mol. The normalized spacial score (nSPS) is 15.5. The Bertz CT molecular complexity index is 716. The zero-order valence-electron chi connectivity index (χ0n) is 16.4. The average molecular weight is 355 g/mol. The Morgan fingerprint density at radius 2 is 1.50 bits per heavy atom. The quantitative estimate of drug-likeness (QED) is 0.462. The van der Waals surface area contributed by atoms with Crippen LogP contribution in [0.5, 0.6) is 0 Å². The lowest BCUT2D eigenvalue weighted by molar-refractivity contribution is -0.127. The van der Waals surface area contributed by atoms with Gasteiger partial charge in [0.15, 0.2) is 11.6 Å². The molecule has 140 valence electrons. The Kier molecular flexibility index (Phi) is 8.17. The molecule has 1 amide bonds. The van der Waals surface area contributed by atoms with Gasteiger partial charge < -0.3 is 4.90 Å². The molecule has 26 heavy (non-hydrogen) atoms. The van der Waals surface area contributed by atoms with Crippen molar-refractivity contribution in [1.82, 2.24) is 4.90 Å². The van der Waals surface area contributed by atoms with Crippen molar-refractivity contribution in [2.75, 3.05) is 13.1 Å². The van der Waals surface area contributed by atoms with Crippen LogP contribution in [-0.4, -0.2) is 35.5 Å². The predicted octanol–water partition coefficient (Wildman–Crippen LogP) is 4.11. The van der Waals surface area contributed by atoms with Crippen LogP contribution in [0.4, 0.5) is 0 Å². The summed E-state index contributed by atoms with van der Waals surface area (Å²) in [6.45, 7) is 16.0. The Morgan fingerprint density at radius 1 is 0.962 bits per heavy atom. The van der Waals surface area contributed by atoms with E-state index in [1.165, 1.54) is 12.2 Å². The van der Waals surface area contributed by atoms with Crippen molar-refractivity contribution in [3.05, 3.63) is 59.3 Å². The summed E-state index contributed by atoms with van der Waals surface area (Å²) in [5.74, 6) is -0.609. The highest BCUT2D eigenvalue weighted by atomic mass is 16.2. The van der Waals surface area contributed by atoms with Crippen molar-refractivity contribution < 1.29 is 14.4 Å². The number of hydrogen-bond donors (Lipinski definition) is 0. The summed E-state index contributed by atoms with van der Waals surface area (Å²) in [5.41, 5.74) is 1.70. The lowest BCUT2D eigenvalue weighted by Gasteiger charge is -2.22. The first-order chi connectivity index (χ1) is 12.4. The maximum atomic E-state index is 12.9. The molecule has 0 N–H and O–H groups in total. The van der Waals surface area contributed by atoms with E-state index in [-0.39, 0.29) is 34.2 Å². The van der Waals surface area contributed by atoms with Crippen molar-refractivity contribution in [2.24, 2.45) is 0 Å². The van der Waals surface area contributed by atoms with Crippen LogP contribution in [-0.2, 0) is 14.4 Å². The Labute approximate surface area is 156 Å². The second-order valence-corrected chi connectivity index (χ2v) is 6.18. The summed E-state index contributed by atoms with van der Waals surface area (Å²) >= 11 is 0. The minimum absolute atomic E-state index is 0.0809. The minimum Gasteiger partial charge on any atom is -0.339 e. The standard InChI is InChI=1S/C22H29NO3/c1-7-12-13-16(22(26)23(10-4)11-5)14-19-15(6)20(24)17(8-2)18(9-3)21(19)25/h8-9,14H,2-3,7,10-13H2,1,4-6H3/b16-14+. The monoisotopic (exact) mass is 355 g/mol. The molecule has 4 nitrogen and oxygen atoms in total. The summed E-state index contributed by atoms with van der Waals surface area (Å²) in [5, 5.41) is 0. The van der Waals surface area contributed by atoms with E-state index in [2.05, 4.69) is 13.2 Å². The van der Waals surface area contributed by atoms with Crippen LogP contribution in [0.2, 0.25) is 0 Å². The average Bonchev–Trinajstić information content (AvgIpc) is 2.64. The molecule has 0 atom stereocenters. The summed E-state index contributed by atoms with van der Waals surface area (Å²) in [7, 11) is 0. The number of allylic oxidation sites excluding steroid dienone is 7. The number of hydrogen-bond acceptors (Lipinski definition) is 3. The zero-order valence-corrected chi connectivity index (χ0v) is 16.4. The molecule has 0 fully saturated rings. The molecule has 0 unspecified atom stereocenters. The molecule has 0 saturated heterocycles. The molecule has 0 aliphatic heterocycles. The number of Topliss-reactive ketones (excluding diaryl/α,β-unsaturated/α-hetero) is 2. The van der Waals surface area contributed by atoms with E-state index >= 15 is 0 Å². The van der Waals surface area contributed by atoms with Crippen LogP contribution in [0.15, 0.2) is 59.3 Å². The van der Waals surface area contributed by atoms with Crippen LogP contribution < -0.4 is 0 Å². The molecule has 0 spiro atoms. The third kappa shape index (κ3) is 4.37. The van der Waals surface area contributed by atoms with Crippen LogP contribution in [0.1, 0.15) is 47.0 Å². The first kappa shape index (κ1) is 21.6. The number of unbranched alkanes of at least 4 members (excludes halogenated alkanes) is 1. The van der Waals surface area contributed by atoms with E-state index in [9.17, 15) is 14.4 Å². The summed E-state index contributed by atoms with van der Waals surface area (Å²) in [6.07, 6.45) is 6.73. The van der Waals surface area contributed by atoms with Gasteiger partial charge in [-0.15, -0.1) is 0 Å². The van der Waals surface area contributed by atoms with Gasteiger partial charge in [0.25, 0.3) is 0 Å². The van der Waals surface area contributed by atoms with Gasteiger partial charge in [0, 0.05) is 41.0 Å². The van der Waals surface area contributed by atoms with Crippen LogP contribution in [0.25, 0.3) is 0 Å². The zero-order chi connectivity index (χ0) is 19.9. The number of likely N-dealkylation sites (N-methyl/N-ethyl adjacent to an activating group) is 1. The highest BCUT2D eigenvalue weighted by Crippen LogP contribution is 2.28. The van der Waals surface area contributed by atoms with E-state index in [1.807, 2.05) is 20.8 Å². The van der Waals surface area contributed by atoms with Gasteiger partial charge in [-0.2, -0.15) is 0 Å². The highest BCUT2D eigenvalue weighted by Gasteiger charge is 2.29. The topological polar surface area (TPSA) is 54.5 Å².